The van der Waals surface area contributed by atoms with Crippen LogP contribution in [0.4, 0.5) is 0 Å². The van der Waals surface area contributed by atoms with E-state index < -0.39 is 0 Å². The minimum Gasteiger partial charge on any atom is -0.192 e. The second-order valence-electron chi connectivity index (χ2n) is 3.54. The van der Waals surface area contributed by atoms with Crippen LogP contribution in [0.5, 0.6) is 0 Å². The van der Waals surface area contributed by atoms with Gasteiger partial charge in [0.25, 0.3) is 0 Å². The Morgan fingerprint density at radius 1 is 0.833 bits per heavy atom. The van der Waals surface area contributed by atoms with Crippen molar-refractivity contribution in [1.29, 1.82) is 5.26 Å². The zero-order chi connectivity index (χ0) is 13.3. The van der Waals surface area contributed by atoms with Crippen molar-refractivity contribution in [3.63, 3.8) is 0 Å². The molecule has 5 heteroatoms. The van der Waals surface area contributed by atoms with Gasteiger partial charge in [0.2, 0.25) is 0 Å². The Hall–Kier alpha value is -0.910. The second-order valence-corrected chi connectivity index (χ2v) is 5.08. The molecule has 0 saturated carbocycles. The summed E-state index contributed by atoms with van der Waals surface area (Å²) >= 11 is 24.0. The fraction of sp³-hybridized carbons (Fsp3) is 0. The van der Waals surface area contributed by atoms with Gasteiger partial charge in [-0.05, 0) is 23.8 Å². The summed E-state index contributed by atoms with van der Waals surface area (Å²) in [6, 6.07) is 10.6. The zero-order valence-corrected chi connectivity index (χ0v) is 11.9. The summed E-state index contributed by atoms with van der Waals surface area (Å²) < 4.78 is 0. The minimum absolute atomic E-state index is 0.227. The molecule has 2 aromatic carbocycles. The van der Waals surface area contributed by atoms with Gasteiger partial charge in [0.05, 0.1) is 31.7 Å². The lowest BCUT2D eigenvalue weighted by Gasteiger charge is -2.09. The van der Waals surface area contributed by atoms with Crippen LogP contribution in [-0.4, -0.2) is 0 Å². The molecular weight excluding hydrogens is 312 g/mol. The molecule has 0 atom stereocenters. The van der Waals surface area contributed by atoms with Gasteiger partial charge in [-0.25, -0.2) is 0 Å². The minimum atomic E-state index is 0.227. The highest BCUT2D eigenvalue weighted by Gasteiger charge is 2.14. The molecule has 0 unspecified atom stereocenters. The van der Waals surface area contributed by atoms with Crippen molar-refractivity contribution in [3.05, 3.63) is 56.0 Å². The second kappa shape index (κ2) is 5.38. The zero-order valence-electron chi connectivity index (χ0n) is 8.85. The molecule has 0 radical (unpaired) electrons. The number of hydrogen-bond donors (Lipinski definition) is 0. The highest BCUT2D eigenvalue weighted by Crippen LogP contribution is 2.42. The largest absolute Gasteiger partial charge is 0.192 e. The Kier molecular flexibility index (Phi) is 4.04. The molecule has 0 spiro atoms. The van der Waals surface area contributed by atoms with Crippen molar-refractivity contribution >= 4 is 46.4 Å². The lowest BCUT2D eigenvalue weighted by atomic mass is 10.0. The van der Waals surface area contributed by atoms with Crippen LogP contribution in [0.25, 0.3) is 11.1 Å². The first-order valence-electron chi connectivity index (χ1n) is 4.88. The standard InChI is InChI=1S/C13H5Cl4N/c14-10-5-9(11(15)13(17)12(10)16)8-3-1-7(6-18)2-4-8/h1-5H. The van der Waals surface area contributed by atoms with Crippen molar-refractivity contribution in [2.24, 2.45) is 0 Å². The average Bonchev–Trinajstić information content (AvgIpc) is 2.41. The average molecular weight is 317 g/mol. The number of nitriles is 1. The van der Waals surface area contributed by atoms with Gasteiger partial charge in [-0.3, -0.25) is 0 Å². The predicted molar refractivity (Wildman–Crippen MR) is 76.6 cm³/mol. The number of rotatable bonds is 1. The van der Waals surface area contributed by atoms with E-state index >= 15 is 0 Å². The van der Waals surface area contributed by atoms with E-state index in [1.165, 1.54) is 0 Å². The first-order valence-corrected chi connectivity index (χ1v) is 6.39. The molecule has 90 valence electrons. The van der Waals surface area contributed by atoms with Crippen LogP contribution in [0, 0.1) is 11.3 Å². The van der Waals surface area contributed by atoms with Crippen molar-refractivity contribution in [1.82, 2.24) is 0 Å². The van der Waals surface area contributed by atoms with Crippen LogP contribution in [-0.2, 0) is 0 Å². The monoisotopic (exact) mass is 315 g/mol. The molecule has 0 heterocycles. The van der Waals surface area contributed by atoms with E-state index in [4.69, 9.17) is 51.7 Å². The first-order chi connectivity index (χ1) is 8.54. The van der Waals surface area contributed by atoms with Gasteiger partial charge in [-0.2, -0.15) is 5.26 Å². The lowest BCUT2D eigenvalue weighted by molar-refractivity contribution is 1.48. The van der Waals surface area contributed by atoms with Crippen LogP contribution in [0.1, 0.15) is 5.56 Å². The quantitative estimate of drug-likeness (QED) is 0.479. The Morgan fingerprint density at radius 2 is 1.44 bits per heavy atom. The van der Waals surface area contributed by atoms with Crippen molar-refractivity contribution in [3.8, 4) is 17.2 Å². The third kappa shape index (κ3) is 2.43. The molecule has 1 nitrogen and oxygen atoms in total. The normalized spacial score (nSPS) is 10.2. The van der Waals surface area contributed by atoms with Gasteiger partial charge >= 0.3 is 0 Å². The molecule has 0 amide bonds. The Balaban J connectivity index is 2.61. The topological polar surface area (TPSA) is 23.8 Å². The number of halogens is 4. The van der Waals surface area contributed by atoms with Gasteiger partial charge in [0.1, 0.15) is 0 Å². The van der Waals surface area contributed by atoms with Crippen LogP contribution in [0.2, 0.25) is 20.1 Å². The van der Waals surface area contributed by atoms with E-state index in [2.05, 4.69) is 0 Å². The predicted octanol–water partition coefficient (Wildman–Crippen LogP) is 5.84. The third-order valence-corrected chi connectivity index (χ3v) is 4.18. The van der Waals surface area contributed by atoms with Crippen molar-refractivity contribution < 1.29 is 0 Å². The Bertz CT molecular complexity index is 642. The van der Waals surface area contributed by atoms with E-state index in [1.807, 2.05) is 6.07 Å². The summed E-state index contributed by atoms with van der Waals surface area (Å²) in [6.45, 7) is 0. The summed E-state index contributed by atoms with van der Waals surface area (Å²) in [6.07, 6.45) is 0. The highest BCUT2D eigenvalue weighted by molar-refractivity contribution is 6.52. The van der Waals surface area contributed by atoms with E-state index in [-0.39, 0.29) is 10.0 Å². The van der Waals surface area contributed by atoms with Gasteiger partial charge in [0.15, 0.2) is 0 Å². The fourth-order valence-electron chi connectivity index (χ4n) is 1.51. The molecule has 0 bridgehead atoms. The summed E-state index contributed by atoms with van der Waals surface area (Å²) in [7, 11) is 0. The molecule has 0 aliphatic rings. The van der Waals surface area contributed by atoms with E-state index in [9.17, 15) is 0 Å². The van der Waals surface area contributed by atoms with E-state index in [0.717, 1.165) is 5.56 Å². The summed E-state index contributed by atoms with van der Waals surface area (Å²) in [4.78, 5) is 0. The number of benzene rings is 2. The smallest absolute Gasteiger partial charge is 0.0991 e. The summed E-state index contributed by atoms with van der Waals surface area (Å²) in [5, 5.41) is 9.89. The summed E-state index contributed by atoms with van der Waals surface area (Å²) in [5.41, 5.74) is 2.07. The Labute approximate surface area is 124 Å². The van der Waals surface area contributed by atoms with Crippen LogP contribution < -0.4 is 0 Å². The molecule has 0 N–H and O–H groups in total. The molecule has 2 rings (SSSR count). The number of nitrogens with zero attached hydrogens (tertiary/aromatic N) is 1. The molecule has 18 heavy (non-hydrogen) atoms. The third-order valence-electron chi connectivity index (χ3n) is 2.43. The van der Waals surface area contributed by atoms with Crippen LogP contribution >= 0.6 is 46.4 Å². The molecule has 0 fully saturated rings. The molecule has 0 aliphatic carbocycles. The van der Waals surface area contributed by atoms with Gasteiger partial charge in [-0.15, -0.1) is 0 Å². The molecule has 2 aromatic rings. The van der Waals surface area contributed by atoms with Gasteiger partial charge in [0, 0.05) is 5.56 Å². The van der Waals surface area contributed by atoms with E-state index in [0.29, 0.717) is 21.2 Å². The van der Waals surface area contributed by atoms with Crippen molar-refractivity contribution in [2.75, 3.05) is 0 Å². The van der Waals surface area contributed by atoms with Gasteiger partial charge in [-0.1, -0.05) is 58.5 Å². The maximum Gasteiger partial charge on any atom is 0.0991 e. The van der Waals surface area contributed by atoms with Crippen LogP contribution in [0.3, 0.4) is 0 Å². The molecule has 0 saturated heterocycles. The van der Waals surface area contributed by atoms with Crippen molar-refractivity contribution in [2.45, 2.75) is 0 Å². The molecule has 0 aromatic heterocycles. The summed E-state index contributed by atoms with van der Waals surface area (Å²) in [5.74, 6) is 0. The van der Waals surface area contributed by atoms with E-state index in [1.54, 1.807) is 30.3 Å². The lowest BCUT2D eigenvalue weighted by Crippen LogP contribution is -1.84. The SMILES string of the molecule is N#Cc1ccc(-c2cc(Cl)c(Cl)c(Cl)c2Cl)cc1. The number of hydrogen-bond acceptors (Lipinski definition) is 1. The highest BCUT2D eigenvalue weighted by atomic mass is 35.5. The fourth-order valence-corrected chi connectivity index (χ4v) is 2.42. The first kappa shape index (κ1) is 13.5. The molecular formula is C13H5Cl4N. The maximum atomic E-state index is 8.74. The van der Waals surface area contributed by atoms with Gasteiger partial charge < -0.3 is 0 Å². The maximum absolute atomic E-state index is 8.74. The Morgan fingerprint density at radius 3 is 2.00 bits per heavy atom. The molecule has 0 aliphatic heterocycles. The van der Waals surface area contributed by atoms with Crippen LogP contribution in [0.15, 0.2) is 30.3 Å².